The Bertz CT molecular complexity index is 1430. The highest BCUT2D eigenvalue weighted by atomic mass is 16.5. The van der Waals surface area contributed by atoms with E-state index >= 15 is 0 Å². The van der Waals surface area contributed by atoms with Gasteiger partial charge in [0.2, 0.25) is 23.6 Å². The summed E-state index contributed by atoms with van der Waals surface area (Å²) in [7, 11) is 9.97. The number of amides is 4. The monoisotopic (exact) mass is 817 g/mol. The van der Waals surface area contributed by atoms with Gasteiger partial charge in [0, 0.05) is 34.2 Å². The van der Waals surface area contributed by atoms with Gasteiger partial charge in [-0.25, -0.2) is 4.79 Å². The first kappa shape index (κ1) is 50.6. The second-order valence-electron chi connectivity index (χ2n) is 16.7. The Morgan fingerprint density at radius 3 is 2.09 bits per heavy atom. The number of esters is 1. The van der Waals surface area contributed by atoms with Gasteiger partial charge in [-0.15, -0.1) is 0 Å². The van der Waals surface area contributed by atoms with Gasteiger partial charge in [-0.05, 0) is 69.8 Å². The van der Waals surface area contributed by atoms with Crippen molar-refractivity contribution in [3.05, 3.63) is 35.9 Å². The summed E-state index contributed by atoms with van der Waals surface area (Å²) in [5, 5.41) is 9.12. The summed E-state index contributed by atoms with van der Waals surface area (Å²) < 4.78 is 17.0. The smallest absolute Gasteiger partial charge is 0.328 e. The average Bonchev–Trinajstić information content (AvgIpc) is 3.68. The molecule has 4 amide bonds. The summed E-state index contributed by atoms with van der Waals surface area (Å²) in [6.07, 6.45) is 1.95. The van der Waals surface area contributed by atoms with Gasteiger partial charge in [0.05, 0.1) is 49.8 Å². The Kier molecular flexibility index (Phi) is 21.9. The summed E-state index contributed by atoms with van der Waals surface area (Å²) in [5.74, 6) is -2.43. The molecule has 0 radical (unpaired) electrons. The fourth-order valence-corrected chi connectivity index (χ4v) is 8.42. The number of methoxy groups -OCH3 is 3. The van der Waals surface area contributed by atoms with E-state index in [-0.39, 0.29) is 54.2 Å². The highest BCUT2D eigenvalue weighted by Gasteiger charge is 2.43. The van der Waals surface area contributed by atoms with Gasteiger partial charge in [-0.2, -0.15) is 0 Å². The maximum atomic E-state index is 14.4. The van der Waals surface area contributed by atoms with Crippen molar-refractivity contribution in [1.82, 2.24) is 30.7 Å². The molecular weight excluding hydrogens is 741 g/mol. The van der Waals surface area contributed by atoms with Crippen LogP contribution in [0.3, 0.4) is 0 Å². The van der Waals surface area contributed by atoms with E-state index in [0.29, 0.717) is 13.0 Å². The Morgan fingerprint density at radius 2 is 1.55 bits per heavy atom. The molecule has 1 heterocycles. The summed E-state index contributed by atoms with van der Waals surface area (Å²) in [5.41, 5.74) is 0.876. The van der Waals surface area contributed by atoms with Gasteiger partial charge in [-0.1, -0.05) is 85.2 Å². The Labute approximate surface area is 348 Å². The molecule has 0 bridgehead atoms. The first-order chi connectivity index (χ1) is 27.5. The minimum atomic E-state index is -0.893. The van der Waals surface area contributed by atoms with E-state index in [4.69, 9.17) is 14.2 Å². The molecule has 330 valence electrons. The summed E-state index contributed by atoms with van der Waals surface area (Å²) in [6, 6.07) is 6.44. The zero-order valence-corrected chi connectivity index (χ0v) is 37.7. The standard InChI is InChI=1S/C44H76N6O8/c1-14-30(6)39(49(10)43(54)37(28(2)3)47-42(53)38(29(4)5)48(9)24-19-23-45-8)35(56-11)27-36(51)50-25-18-22-34(50)40(57-12)31(7)41(52)46-33(44(55)58-13)26-32-20-16-15-17-21-32/h15-17,20-21,28-31,33-35,37-40,45H,14,18-19,22-27H2,1-13H3,(H,46,52)(H,47,53)/t30-,31+,33-,34-,35+,37-,38-,39-,40+/m0/s1. The van der Waals surface area contributed by atoms with Crippen molar-refractivity contribution in [2.24, 2.45) is 23.7 Å². The van der Waals surface area contributed by atoms with E-state index in [0.717, 1.165) is 37.9 Å². The van der Waals surface area contributed by atoms with Crippen LogP contribution in [0, 0.1) is 23.7 Å². The number of hydrogen-bond donors (Lipinski definition) is 3. The van der Waals surface area contributed by atoms with Crippen LogP contribution in [-0.4, -0.2) is 149 Å². The third kappa shape index (κ3) is 14.0. The van der Waals surface area contributed by atoms with Crippen molar-refractivity contribution in [3.63, 3.8) is 0 Å². The lowest BCUT2D eigenvalue weighted by molar-refractivity contribution is -0.149. The number of likely N-dealkylation sites (tertiary alicyclic amines) is 1. The lowest BCUT2D eigenvalue weighted by atomic mass is 9.89. The number of likely N-dealkylation sites (N-methyl/N-ethyl adjacent to an activating group) is 2. The number of rotatable bonds is 25. The molecule has 1 aromatic rings. The first-order valence-electron chi connectivity index (χ1n) is 21.2. The SMILES string of the molecule is CC[C@H](C)[C@@H]([C@@H](CC(=O)N1CCC[C@H]1[C@H](OC)[C@@H](C)C(=O)N[C@@H](Cc1ccccc1)C(=O)OC)OC)N(C)C(=O)[C@@H](NC(=O)[C@H](C(C)C)N(C)CCCNC)C(C)C. The van der Waals surface area contributed by atoms with Crippen molar-refractivity contribution >= 4 is 29.6 Å². The van der Waals surface area contributed by atoms with Gasteiger partial charge in [0.1, 0.15) is 12.1 Å². The largest absolute Gasteiger partial charge is 0.467 e. The normalized spacial score (nSPS) is 18.6. The summed E-state index contributed by atoms with van der Waals surface area (Å²) in [4.78, 5) is 74.5. The summed E-state index contributed by atoms with van der Waals surface area (Å²) >= 11 is 0. The zero-order valence-electron chi connectivity index (χ0n) is 37.7. The number of nitrogens with one attached hydrogen (secondary N) is 3. The molecule has 58 heavy (non-hydrogen) atoms. The van der Waals surface area contributed by atoms with E-state index in [2.05, 4.69) is 20.9 Å². The molecule has 3 N–H and O–H groups in total. The van der Waals surface area contributed by atoms with Crippen molar-refractivity contribution in [3.8, 4) is 0 Å². The van der Waals surface area contributed by atoms with Crippen molar-refractivity contribution in [1.29, 1.82) is 0 Å². The van der Waals surface area contributed by atoms with Crippen LogP contribution >= 0.6 is 0 Å². The van der Waals surface area contributed by atoms with E-state index < -0.39 is 54.3 Å². The van der Waals surface area contributed by atoms with E-state index in [1.54, 1.807) is 30.9 Å². The number of ether oxygens (including phenoxy) is 3. The molecular formula is C44H76N6O8. The van der Waals surface area contributed by atoms with Gasteiger partial charge in [-0.3, -0.25) is 24.1 Å². The molecule has 14 heteroatoms. The van der Waals surface area contributed by atoms with Crippen LogP contribution in [0.5, 0.6) is 0 Å². The first-order valence-corrected chi connectivity index (χ1v) is 21.2. The van der Waals surface area contributed by atoms with Gasteiger partial charge in [0.25, 0.3) is 0 Å². The molecule has 1 fully saturated rings. The fraction of sp³-hybridized carbons (Fsp3) is 0.750. The molecule has 0 unspecified atom stereocenters. The Hall–Kier alpha value is -3.59. The topological polar surface area (TPSA) is 159 Å². The van der Waals surface area contributed by atoms with Gasteiger partial charge >= 0.3 is 5.97 Å². The van der Waals surface area contributed by atoms with Crippen LogP contribution in [0.15, 0.2) is 30.3 Å². The average molecular weight is 817 g/mol. The second-order valence-corrected chi connectivity index (χ2v) is 16.7. The van der Waals surface area contributed by atoms with Crippen molar-refractivity contribution in [2.45, 2.75) is 129 Å². The number of hydrogen-bond acceptors (Lipinski definition) is 10. The quantitative estimate of drug-likeness (QED) is 0.0986. The fourth-order valence-electron chi connectivity index (χ4n) is 8.42. The third-order valence-electron chi connectivity index (χ3n) is 11.9. The third-order valence-corrected chi connectivity index (χ3v) is 11.9. The second kappa shape index (κ2) is 25.1. The number of benzene rings is 1. The van der Waals surface area contributed by atoms with Crippen molar-refractivity contribution < 1.29 is 38.2 Å². The molecule has 2 rings (SSSR count). The van der Waals surface area contributed by atoms with Gasteiger partial charge in [0.15, 0.2) is 0 Å². The van der Waals surface area contributed by atoms with Crippen LogP contribution in [0.2, 0.25) is 0 Å². The number of carbonyl (C=O) groups excluding carboxylic acids is 5. The number of nitrogens with zero attached hydrogens (tertiary/aromatic N) is 3. The summed E-state index contributed by atoms with van der Waals surface area (Å²) in [6.45, 7) is 15.8. The molecule has 1 aromatic carbocycles. The molecule has 0 aliphatic carbocycles. The minimum Gasteiger partial charge on any atom is -0.467 e. The van der Waals surface area contributed by atoms with Crippen LogP contribution in [0.25, 0.3) is 0 Å². The van der Waals surface area contributed by atoms with E-state index in [9.17, 15) is 24.0 Å². The zero-order chi connectivity index (χ0) is 43.7. The maximum Gasteiger partial charge on any atom is 0.328 e. The van der Waals surface area contributed by atoms with Crippen LogP contribution in [0.4, 0.5) is 0 Å². The lowest BCUT2D eigenvalue weighted by Crippen LogP contribution is -2.60. The van der Waals surface area contributed by atoms with Crippen molar-refractivity contribution in [2.75, 3.05) is 62.1 Å². The highest BCUT2D eigenvalue weighted by molar-refractivity contribution is 5.90. The highest BCUT2D eigenvalue weighted by Crippen LogP contribution is 2.30. The molecule has 14 nitrogen and oxygen atoms in total. The number of carbonyl (C=O) groups is 5. The molecule has 1 aliphatic rings. The van der Waals surface area contributed by atoms with E-state index in [1.165, 1.54) is 14.2 Å². The van der Waals surface area contributed by atoms with Crippen LogP contribution < -0.4 is 16.0 Å². The Balaban J connectivity index is 2.28. The van der Waals surface area contributed by atoms with Crippen LogP contribution in [-0.2, 0) is 44.6 Å². The predicted octanol–water partition coefficient (Wildman–Crippen LogP) is 3.51. The predicted molar refractivity (Wildman–Crippen MR) is 227 cm³/mol. The molecule has 0 spiro atoms. The lowest BCUT2D eigenvalue weighted by Gasteiger charge is -2.41. The Morgan fingerprint density at radius 1 is 0.897 bits per heavy atom. The molecule has 1 aliphatic heterocycles. The molecule has 0 saturated carbocycles. The van der Waals surface area contributed by atoms with Crippen LogP contribution in [0.1, 0.15) is 86.1 Å². The van der Waals surface area contributed by atoms with E-state index in [1.807, 2.05) is 86.0 Å². The maximum absolute atomic E-state index is 14.4. The van der Waals surface area contributed by atoms with Gasteiger partial charge < -0.3 is 40.0 Å². The molecule has 0 aromatic heterocycles. The minimum absolute atomic E-state index is 0.00364. The molecule has 9 atom stereocenters. The molecule has 1 saturated heterocycles.